The Morgan fingerprint density at radius 3 is 2.81 bits per heavy atom. The first-order valence-electron chi connectivity index (χ1n) is 7.67. The fourth-order valence-electron chi connectivity index (χ4n) is 2.66. The number of hydrogen-bond donors (Lipinski definition) is 1. The van der Waals surface area contributed by atoms with Crippen molar-refractivity contribution in [3.63, 3.8) is 0 Å². The summed E-state index contributed by atoms with van der Waals surface area (Å²) in [5.74, 6) is 0.868. The van der Waals surface area contributed by atoms with Crippen LogP contribution in [-0.4, -0.2) is 69.1 Å². The van der Waals surface area contributed by atoms with Crippen molar-refractivity contribution in [3.05, 3.63) is 0 Å². The summed E-state index contributed by atoms with van der Waals surface area (Å²) in [7, 11) is 0. The molecule has 2 aliphatic heterocycles. The van der Waals surface area contributed by atoms with Crippen molar-refractivity contribution in [2.45, 2.75) is 38.4 Å². The Hall–Kier alpha value is -0.150. The predicted octanol–water partition coefficient (Wildman–Crippen LogP) is 1.81. The Kier molecular flexibility index (Phi) is 9.50. The van der Waals surface area contributed by atoms with E-state index in [-0.39, 0.29) is 42.9 Å². The average Bonchev–Trinajstić information content (AvgIpc) is 3.01. The van der Waals surface area contributed by atoms with Crippen LogP contribution >= 0.6 is 24.0 Å². The molecule has 0 spiro atoms. The number of aliphatic imine (C=N–C) groups is 1. The summed E-state index contributed by atoms with van der Waals surface area (Å²) in [6.07, 6.45) is 3.01. The predicted molar refractivity (Wildman–Crippen MR) is 92.3 cm³/mol. The van der Waals surface area contributed by atoms with Gasteiger partial charge >= 0.3 is 0 Å². The van der Waals surface area contributed by atoms with Gasteiger partial charge in [0, 0.05) is 32.8 Å². The first-order chi connectivity index (χ1) is 9.85. The van der Waals surface area contributed by atoms with Gasteiger partial charge in [-0.2, -0.15) is 0 Å². The quantitative estimate of drug-likeness (QED) is 0.322. The van der Waals surface area contributed by atoms with Crippen LogP contribution < -0.4 is 5.32 Å². The zero-order chi connectivity index (χ0) is 14.2. The van der Waals surface area contributed by atoms with Gasteiger partial charge in [0.15, 0.2) is 5.96 Å². The number of halogens is 2. The minimum atomic E-state index is -0.315. The molecule has 2 aliphatic rings. The molecule has 0 aromatic heterocycles. The maximum Gasteiger partial charge on any atom is 0.194 e. The molecule has 2 fully saturated rings. The van der Waals surface area contributed by atoms with Gasteiger partial charge in [-0.25, -0.2) is 0 Å². The van der Waals surface area contributed by atoms with E-state index < -0.39 is 0 Å². The van der Waals surface area contributed by atoms with Crippen LogP contribution in [-0.2, 0) is 9.47 Å². The van der Waals surface area contributed by atoms with Crippen molar-refractivity contribution in [3.8, 4) is 0 Å². The molecule has 7 heteroatoms. The van der Waals surface area contributed by atoms with Gasteiger partial charge in [0.1, 0.15) is 6.10 Å². The van der Waals surface area contributed by atoms with Gasteiger partial charge in [0.25, 0.3) is 0 Å². The number of nitrogens with zero attached hydrogens (tertiary/aromatic N) is 2. The summed E-state index contributed by atoms with van der Waals surface area (Å²) in [5, 5.41) is 3.28. The normalized spacial score (nSPS) is 26.6. The first kappa shape index (κ1) is 18.9. The SMILES string of the molecule is CCNC(=NCCCF)N1CCOC(C2CCCO2)C1.I. The minimum absolute atomic E-state index is 0. The molecule has 2 unspecified atom stereocenters. The molecule has 2 saturated heterocycles. The van der Waals surface area contributed by atoms with Crippen molar-refractivity contribution in [2.24, 2.45) is 4.99 Å². The van der Waals surface area contributed by atoms with E-state index in [0.717, 1.165) is 45.0 Å². The average molecular weight is 415 g/mol. The molecule has 5 nitrogen and oxygen atoms in total. The highest BCUT2D eigenvalue weighted by molar-refractivity contribution is 14.0. The number of ether oxygens (including phenoxy) is 2. The van der Waals surface area contributed by atoms with Gasteiger partial charge in [0.2, 0.25) is 0 Å². The molecule has 21 heavy (non-hydrogen) atoms. The van der Waals surface area contributed by atoms with E-state index in [1.165, 1.54) is 0 Å². The largest absolute Gasteiger partial charge is 0.375 e. The van der Waals surface area contributed by atoms with Crippen LogP contribution in [0.25, 0.3) is 0 Å². The third kappa shape index (κ3) is 5.86. The van der Waals surface area contributed by atoms with Crippen LogP contribution in [0.4, 0.5) is 4.39 Å². The Balaban J connectivity index is 0.00000220. The lowest BCUT2D eigenvalue weighted by Crippen LogP contribution is -2.53. The molecule has 0 bridgehead atoms. The van der Waals surface area contributed by atoms with Crippen LogP contribution in [0, 0.1) is 0 Å². The number of hydrogen-bond acceptors (Lipinski definition) is 3. The van der Waals surface area contributed by atoms with Crippen molar-refractivity contribution in [2.75, 3.05) is 46.1 Å². The molecule has 1 N–H and O–H groups in total. The van der Waals surface area contributed by atoms with Gasteiger partial charge in [-0.1, -0.05) is 0 Å². The highest BCUT2D eigenvalue weighted by atomic mass is 127. The molecule has 2 rings (SSSR count). The summed E-state index contributed by atoms with van der Waals surface area (Å²) in [4.78, 5) is 6.69. The van der Waals surface area contributed by atoms with Gasteiger partial charge in [0.05, 0.1) is 19.4 Å². The molecule has 2 heterocycles. The number of rotatable bonds is 5. The molecular formula is C14H27FIN3O2. The fraction of sp³-hybridized carbons (Fsp3) is 0.929. The van der Waals surface area contributed by atoms with Crippen molar-refractivity contribution in [1.29, 1.82) is 0 Å². The molecular weight excluding hydrogens is 388 g/mol. The topological polar surface area (TPSA) is 46.1 Å². The molecule has 0 aliphatic carbocycles. The summed E-state index contributed by atoms with van der Waals surface area (Å²) in [5.41, 5.74) is 0. The summed E-state index contributed by atoms with van der Waals surface area (Å²) in [6, 6.07) is 0. The molecule has 2 atom stereocenters. The van der Waals surface area contributed by atoms with E-state index in [9.17, 15) is 4.39 Å². The van der Waals surface area contributed by atoms with Gasteiger partial charge in [-0.3, -0.25) is 9.38 Å². The number of guanidine groups is 1. The summed E-state index contributed by atoms with van der Waals surface area (Å²) in [6.45, 7) is 6.23. The van der Waals surface area contributed by atoms with Crippen LogP contribution in [0.5, 0.6) is 0 Å². The smallest absolute Gasteiger partial charge is 0.194 e. The number of morpholine rings is 1. The highest BCUT2D eigenvalue weighted by Crippen LogP contribution is 2.21. The van der Waals surface area contributed by atoms with E-state index in [1.807, 2.05) is 6.92 Å². The second-order valence-electron chi connectivity index (χ2n) is 5.18. The number of nitrogens with one attached hydrogen (secondary N) is 1. The van der Waals surface area contributed by atoms with E-state index >= 15 is 0 Å². The van der Waals surface area contributed by atoms with Crippen LogP contribution in [0.3, 0.4) is 0 Å². The third-order valence-corrected chi connectivity index (χ3v) is 3.66. The zero-order valence-electron chi connectivity index (χ0n) is 12.7. The molecule has 0 aromatic carbocycles. The Bertz CT molecular complexity index is 315. The van der Waals surface area contributed by atoms with Crippen LogP contribution in [0.2, 0.25) is 0 Å². The minimum Gasteiger partial charge on any atom is -0.375 e. The second kappa shape index (κ2) is 10.6. The van der Waals surface area contributed by atoms with Crippen molar-refractivity contribution in [1.82, 2.24) is 10.2 Å². The third-order valence-electron chi connectivity index (χ3n) is 3.66. The lowest BCUT2D eigenvalue weighted by Gasteiger charge is -2.37. The van der Waals surface area contributed by atoms with Gasteiger partial charge in [-0.15, -0.1) is 24.0 Å². The maximum atomic E-state index is 12.2. The van der Waals surface area contributed by atoms with Crippen molar-refractivity contribution < 1.29 is 13.9 Å². The monoisotopic (exact) mass is 415 g/mol. The number of alkyl halides is 1. The first-order valence-corrected chi connectivity index (χ1v) is 7.67. The summed E-state index contributed by atoms with van der Waals surface area (Å²) >= 11 is 0. The van der Waals surface area contributed by atoms with Crippen molar-refractivity contribution >= 4 is 29.9 Å². The van der Waals surface area contributed by atoms with Gasteiger partial charge < -0.3 is 19.7 Å². The van der Waals surface area contributed by atoms with Crippen LogP contribution in [0.15, 0.2) is 4.99 Å². The molecule has 124 valence electrons. The highest BCUT2D eigenvalue weighted by Gasteiger charge is 2.32. The van der Waals surface area contributed by atoms with E-state index in [0.29, 0.717) is 19.6 Å². The molecule has 0 aromatic rings. The fourth-order valence-corrected chi connectivity index (χ4v) is 2.66. The maximum absolute atomic E-state index is 12.2. The Morgan fingerprint density at radius 1 is 1.33 bits per heavy atom. The second-order valence-corrected chi connectivity index (χ2v) is 5.18. The molecule has 0 amide bonds. The van der Waals surface area contributed by atoms with E-state index in [1.54, 1.807) is 0 Å². The van der Waals surface area contributed by atoms with Crippen LogP contribution in [0.1, 0.15) is 26.2 Å². The lowest BCUT2D eigenvalue weighted by atomic mass is 10.1. The molecule has 0 saturated carbocycles. The zero-order valence-corrected chi connectivity index (χ0v) is 15.1. The summed E-state index contributed by atoms with van der Waals surface area (Å²) < 4.78 is 23.8. The van der Waals surface area contributed by atoms with E-state index in [2.05, 4.69) is 15.2 Å². The van der Waals surface area contributed by atoms with E-state index in [4.69, 9.17) is 9.47 Å². The Labute approximate surface area is 143 Å². The Morgan fingerprint density at radius 2 is 2.14 bits per heavy atom. The lowest BCUT2D eigenvalue weighted by molar-refractivity contribution is -0.0817. The van der Waals surface area contributed by atoms with Gasteiger partial charge in [-0.05, 0) is 26.2 Å². The standard InChI is InChI=1S/C14H26FN3O2.HI/c1-2-16-14(17-7-4-6-15)18-8-10-20-13(11-18)12-5-3-9-19-12;/h12-13H,2-11H2,1H3,(H,16,17);1H. The molecule has 0 radical (unpaired) electrons.